The number of fused-ring (bicyclic) bond motifs is 1. The molecule has 0 aromatic carbocycles. The van der Waals surface area contributed by atoms with Crippen LogP contribution in [0.1, 0.15) is 24.8 Å². The lowest BCUT2D eigenvalue weighted by Gasteiger charge is -1.94. The van der Waals surface area contributed by atoms with Crippen molar-refractivity contribution in [2.24, 2.45) is 0 Å². The van der Waals surface area contributed by atoms with E-state index in [1.807, 2.05) is 11.3 Å². The lowest BCUT2D eigenvalue weighted by molar-refractivity contribution is 0.857. The molecule has 0 unspecified atom stereocenters. The fourth-order valence-corrected chi connectivity index (χ4v) is 2.81. The number of rotatable bonds is 1. The van der Waals surface area contributed by atoms with Gasteiger partial charge in [-0.15, -0.1) is 22.7 Å². The Morgan fingerprint density at radius 3 is 2.82 bits per heavy atom. The summed E-state index contributed by atoms with van der Waals surface area (Å²) in [5.41, 5.74) is 1.17. The van der Waals surface area contributed by atoms with E-state index in [0.29, 0.717) is 5.92 Å². The normalized spacial score (nSPS) is 11.5. The number of hydrogen-bond donors (Lipinski definition) is 0. The van der Waals surface area contributed by atoms with Crippen molar-refractivity contribution in [2.75, 3.05) is 0 Å². The standard InChI is InChI=1S/C8H9NS2/c1-5(2)8-9-6-3-10-4-7(6)11-8/h3-5H,1-2H3. The molecule has 0 spiro atoms. The molecule has 2 aromatic heterocycles. The Bertz CT molecular complexity index is 330. The molecule has 0 saturated heterocycles. The Balaban J connectivity index is 2.58. The van der Waals surface area contributed by atoms with Crippen LogP contribution in [0.4, 0.5) is 0 Å². The van der Waals surface area contributed by atoms with Crippen LogP contribution in [0.15, 0.2) is 10.8 Å². The summed E-state index contributed by atoms with van der Waals surface area (Å²) in [5, 5.41) is 5.53. The fourth-order valence-electron chi connectivity index (χ4n) is 0.938. The molecule has 1 nitrogen and oxygen atoms in total. The Kier molecular flexibility index (Phi) is 1.69. The number of aromatic nitrogens is 1. The predicted octanol–water partition coefficient (Wildman–Crippen LogP) is 3.48. The first-order valence-corrected chi connectivity index (χ1v) is 5.36. The van der Waals surface area contributed by atoms with E-state index in [4.69, 9.17) is 0 Å². The van der Waals surface area contributed by atoms with Crippen LogP contribution >= 0.6 is 22.7 Å². The first-order valence-electron chi connectivity index (χ1n) is 3.60. The smallest absolute Gasteiger partial charge is 0.0964 e. The molecular weight excluding hydrogens is 174 g/mol. The Morgan fingerprint density at radius 2 is 2.18 bits per heavy atom. The monoisotopic (exact) mass is 183 g/mol. The van der Waals surface area contributed by atoms with E-state index >= 15 is 0 Å². The average Bonchev–Trinajstić information content (AvgIpc) is 2.40. The Morgan fingerprint density at radius 1 is 1.36 bits per heavy atom. The van der Waals surface area contributed by atoms with Gasteiger partial charge in [0.2, 0.25) is 0 Å². The van der Waals surface area contributed by atoms with Crippen molar-refractivity contribution in [1.82, 2.24) is 4.98 Å². The van der Waals surface area contributed by atoms with Gasteiger partial charge in [0.05, 0.1) is 15.2 Å². The van der Waals surface area contributed by atoms with Crippen molar-refractivity contribution in [3.05, 3.63) is 15.8 Å². The fraction of sp³-hybridized carbons (Fsp3) is 0.375. The van der Waals surface area contributed by atoms with Crippen LogP contribution in [0, 0.1) is 0 Å². The average molecular weight is 183 g/mol. The molecule has 0 aliphatic carbocycles. The SMILES string of the molecule is CC(C)c1nc2cscc2s1. The van der Waals surface area contributed by atoms with Crippen LogP contribution in [0.5, 0.6) is 0 Å². The van der Waals surface area contributed by atoms with Gasteiger partial charge in [-0.3, -0.25) is 0 Å². The van der Waals surface area contributed by atoms with Crippen molar-refractivity contribution < 1.29 is 0 Å². The largest absolute Gasteiger partial charge is 0.240 e. The molecule has 0 saturated carbocycles. The topological polar surface area (TPSA) is 12.9 Å². The lowest BCUT2D eigenvalue weighted by atomic mass is 10.2. The number of thiophene rings is 1. The Labute approximate surface area is 73.7 Å². The maximum Gasteiger partial charge on any atom is 0.0964 e. The van der Waals surface area contributed by atoms with Crippen LogP contribution in [-0.4, -0.2) is 4.98 Å². The molecule has 0 aliphatic rings. The van der Waals surface area contributed by atoms with Crippen LogP contribution in [0.2, 0.25) is 0 Å². The van der Waals surface area contributed by atoms with E-state index < -0.39 is 0 Å². The summed E-state index contributed by atoms with van der Waals surface area (Å²) in [7, 11) is 0. The third-order valence-corrected chi connectivity index (χ3v) is 3.75. The van der Waals surface area contributed by atoms with Gasteiger partial charge in [0.15, 0.2) is 0 Å². The zero-order chi connectivity index (χ0) is 7.84. The minimum atomic E-state index is 0.567. The van der Waals surface area contributed by atoms with Crippen molar-refractivity contribution in [3.8, 4) is 0 Å². The predicted molar refractivity (Wildman–Crippen MR) is 51.6 cm³/mol. The van der Waals surface area contributed by atoms with Gasteiger partial charge in [-0.2, -0.15) is 0 Å². The summed E-state index contributed by atoms with van der Waals surface area (Å²) < 4.78 is 1.33. The van der Waals surface area contributed by atoms with E-state index in [1.54, 1.807) is 11.3 Å². The zero-order valence-corrected chi connectivity index (χ0v) is 8.13. The molecule has 0 bridgehead atoms. The van der Waals surface area contributed by atoms with Gasteiger partial charge in [-0.05, 0) is 0 Å². The molecule has 0 amide bonds. The first-order chi connectivity index (χ1) is 5.27. The molecule has 3 heteroatoms. The van der Waals surface area contributed by atoms with Crippen LogP contribution in [0.3, 0.4) is 0 Å². The summed E-state index contributed by atoms with van der Waals surface area (Å²) in [6, 6.07) is 0. The molecule has 0 aliphatic heterocycles. The van der Waals surface area contributed by atoms with E-state index in [-0.39, 0.29) is 0 Å². The van der Waals surface area contributed by atoms with E-state index in [1.165, 1.54) is 15.2 Å². The zero-order valence-electron chi connectivity index (χ0n) is 6.50. The lowest BCUT2D eigenvalue weighted by Crippen LogP contribution is -1.82. The quantitative estimate of drug-likeness (QED) is 0.659. The second-order valence-electron chi connectivity index (χ2n) is 2.83. The van der Waals surface area contributed by atoms with Gasteiger partial charge in [0.25, 0.3) is 0 Å². The maximum atomic E-state index is 4.50. The molecule has 2 rings (SSSR count). The number of thiazole rings is 1. The van der Waals surface area contributed by atoms with E-state index in [9.17, 15) is 0 Å². The van der Waals surface area contributed by atoms with Crippen LogP contribution in [-0.2, 0) is 0 Å². The van der Waals surface area contributed by atoms with Crippen molar-refractivity contribution in [2.45, 2.75) is 19.8 Å². The minimum Gasteiger partial charge on any atom is -0.240 e. The van der Waals surface area contributed by atoms with Gasteiger partial charge >= 0.3 is 0 Å². The molecule has 2 aromatic rings. The van der Waals surface area contributed by atoms with Crippen molar-refractivity contribution >= 4 is 32.9 Å². The molecule has 0 radical (unpaired) electrons. The van der Waals surface area contributed by atoms with Crippen molar-refractivity contribution in [1.29, 1.82) is 0 Å². The molecule has 0 fully saturated rings. The number of nitrogens with zero attached hydrogens (tertiary/aromatic N) is 1. The first kappa shape index (κ1) is 7.25. The van der Waals surface area contributed by atoms with Gasteiger partial charge in [-0.25, -0.2) is 4.98 Å². The van der Waals surface area contributed by atoms with Crippen molar-refractivity contribution in [3.63, 3.8) is 0 Å². The summed E-state index contributed by atoms with van der Waals surface area (Å²) in [5.74, 6) is 0.567. The van der Waals surface area contributed by atoms with Crippen LogP contribution < -0.4 is 0 Å². The van der Waals surface area contributed by atoms with Gasteiger partial charge in [0, 0.05) is 16.7 Å². The summed E-state index contributed by atoms with van der Waals surface area (Å²) in [6.07, 6.45) is 0. The summed E-state index contributed by atoms with van der Waals surface area (Å²) in [6.45, 7) is 4.36. The molecule has 0 atom stereocenters. The van der Waals surface area contributed by atoms with Gasteiger partial charge < -0.3 is 0 Å². The highest BCUT2D eigenvalue weighted by Gasteiger charge is 2.06. The third-order valence-electron chi connectivity index (χ3n) is 1.55. The second-order valence-corrected chi connectivity index (χ2v) is 4.63. The molecule has 58 valence electrons. The van der Waals surface area contributed by atoms with Gasteiger partial charge in [0.1, 0.15) is 0 Å². The molecule has 11 heavy (non-hydrogen) atoms. The third kappa shape index (κ3) is 1.19. The molecule has 2 heterocycles. The maximum absolute atomic E-state index is 4.50. The van der Waals surface area contributed by atoms with Gasteiger partial charge in [-0.1, -0.05) is 13.8 Å². The van der Waals surface area contributed by atoms with E-state index in [2.05, 4.69) is 29.6 Å². The van der Waals surface area contributed by atoms with Crippen LogP contribution in [0.25, 0.3) is 10.2 Å². The summed E-state index contributed by atoms with van der Waals surface area (Å²) >= 11 is 3.54. The highest BCUT2D eigenvalue weighted by atomic mass is 32.1. The highest BCUT2D eigenvalue weighted by molar-refractivity contribution is 7.22. The highest BCUT2D eigenvalue weighted by Crippen LogP contribution is 2.29. The molecular formula is C8H9NS2. The minimum absolute atomic E-state index is 0.567. The summed E-state index contributed by atoms with van der Waals surface area (Å²) in [4.78, 5) is 4.50. The molecule has 0 N–H and O–H groups in total. The number of hydrogen-bond acceptors (Lipinski definition) is 3. The second kappa shape index (κ2) is 2.57. The van der Waals surface area contributed by atoms with E-state index in [0.717, 1.165) is 0 Å². The Hall–Kier alpha value is -0.410.